The molecule has 0 amide bonds. The molecule has 1 aromatic carbocycles. The van der Waals surface area contributed by atoms with Crippen molar-refractivity contribution >= 4 is 5.78 Å². The molecular formula is C9H10O3. The summed E-state index contributed by atoms with van der Waals surface area (Å²) < 4.78 is 0. The van der Waals surface area contributed by atoms with Crippen LogP contribution in [-0.4, -0.2) is 16.0 Å². The van der Waals surface area contributed by atoms with Gasteiger partial charge in [0, 0.05) is 0 Å². The molecule has 1 atom stereocenters. The van der Waals surface area contributed by atoms with E-state index in [1.165, 1.54) is 19.1 Å². The summed E-state index contributed by atoms with van der Waals surface area (Å²) in [4.78, 5) is 10.7. The van der Waals surface area contributed by atoms with Gasteiger partial charge in [-0.25, -0.2) is 0 Å². The van der Waals surface area contributed by atoms with E-state index in [9.17, 15) is 9.90 Å². The maximum Gasteiger partial charge on any atom is 0.162 e. The highest BCUT2D eigenvalue weighted by Gasteiger charge is 2.11. The van der Waals surface area contributed by atoms with Gasteiger partial charge in [-0.05, 0) is 24.6 Å². The zero-order valence-electron chi connectivity index (χ0n) is 6.69. The predicted octanol–water partition coefficient (Wildman–Crippen LogP) is 1.01. The van der Waals surface area contributed by atoms with Gasteiger partial charge in [-0.15, -0.1) is 0 Å². The second kappa shape index (κ2) is 3.36. The summed E-state index contributed by atoms with van der Waals surface area (Å²) >= 11 is 0. The Hall–Kier alpha value is -1.35. The van der Waals surface area contributed by atoms with Crippen LogP contribution in [0.2, 0.25) is 0 Å². The van der Waals surface area contributed by atoms with Crippen molar-refractivity contribution in [3.8, 4) is 5.75 Å². The molecule has 1 unspecified atom stereocenters. The fourth-order valence-electron chi connectivity index (χ4n) is 0.930. The van der Waals surface area contributed by atoms with Gasteiger partial charge in [0.05, 0.1) is 0 Å². The third kappa shape index (κ3) is 1.83. The van der Waals surface area contributed by atoms with Crippen LogP contribution in [0.3, 0.4) is 0 Å². The van der Waals surface area contributed by atoms with E-state index >= 15 is 0 Å². The molecule has 3 heteroatoms. The summed E-state index contributed by atoms with van der Waals surface area (Å²) in [6.07, 6.45) is -1.13. The van der Waals surface area contributed by atoms with Gasteiger partial charge in [-0.3, -0.25) is 4.79 Å². The van der Waals surface area contributed by atoms with E-state index in [4.69, 9.17) is 5.11 Å². The average Bonchev–Trinajstić information content (AvgIpc) is 2.03. The number of aliphatic hydroxyl groups excluding tert-OH is 1. The Kier molecular flexibility index (Phi) is 2.45. The van der Waals surface area contributed by atoms with Crippen molar-refractivity contribution in [2.24, 2.45) is 0 Å². The zero-order valence-corrected chi connectivity index (χ0v) is 6.69. The van der Waals surface area contributed by atoms with E-state index in [1.807, 2.05) is 0 Å². The van der Waals surface area contributed by atoms with Crippen molar-refractivity contribution in [2.45, 2.75) is 13.0 Å². The van der Waals surface area contributed by atoms with E-state index in [0.29, 0.717) is 5.56 Å². The summed E-state index contributed by atoms with van der Waals surface area (Å²) in [5, 5.41) is 18.3. The van der Waals surface area contributed by atoms with Gasteiger partial charge in [0.25, 0.3) is 0 Å². The van der Waals surface area contributed by atoms with Crippen LogP contribution in [0.15, 0.2) is 24.3 Å². The number of phenolic OH excluding ortho intramolecular Hbond substituents is 1. The monoisotopic (exact) mass is 166 g/mol. The first-order chi connectivity index (χ1) is 5.61. The lowest BCUT2D eigenvalue weighted by molar-refractivity contribution is -0.125. The van der Waals surface area contributed by atoms with Gasteiger partial charge in [-0.2, -0.15) is 0 Å². The number of aromatic hydroxyl groups is 1. The minimum Gasteiger partial charge on any atom is -0.508 e. The fourth-order valence-corrected chi connectivity index (χ4v) is 0.930. The minimum atomic E-state index is -1.13. The number of aliphatic hydroxyl groups is 1. The summed E-state index contributed by atoms with van der Waals surface area (Å²) in [6, 6.07) is 6.02. The Morgan fingerprint density at radius 3 is 2.67 bits per heavy atom. The number of carbonyl (C=O) groups excluding carboxylic acids is 1. The molecule has 1 aromatic rings. The maximum absolute atomic E-state index is 10.7. The molecule has 0 bridgehead atoms. The van der Waals surface area contributed by atoms with E-state index in [0.717, 1.165) is 0 Å². The predicted molar refractivity (Wildman–Crippen MR) is 43.7 cm³/mol. The lowest BCUT2D eigenvalue weighted by atomic mass is 10.1. The number of benzene rings is 1. The lowest BCUT2D eigenvalue weighted by Crippen LogP contribution is -2.06. The van der Waals surface area contributed by atoms with Gasteiger partial charge in [0.1, 0.15) is 11.9 Å². The molecule has 0 radical (unpaired) electrons. The number of ketones is 1. The Morgan fingerprint density at radius 2 is 2.17 bits per heavy atom. The van der Waals surface area contributed by atoms with Crippen molar-refractivity contribution in [1.29, 1.82) is 0 Å². The van der Waals surface area contributed by atoms with Crippen molar-refractivity contribution < 1.29 is 15.0 Å². The number of hydrogen-bond donors (Lipinski definition) is 2. The van der Waals surface area contributed by atoms with E-state index in [-0.39, 0.29) is 11.5 Å². The van der Waals surface area contributed by atoms with Gasteiger partial charge in [-0.1, -0.05) is 12.1 Å². The largest absolute Gasteiger partial charge is 0.508 e. The Bertz CT molecular complexity index is 294. The summed E-state index contributed by atoms with van der Waals surface area (Å²) in [6.45, 7) is 1.30. The molecule has 0 saturated heterocycles. The number of hydrogen-bond acceptors (Lipinski definition) is 3. The third-order valence-corrected chi connectivity index (χ3v) is 1.57. The molecule has 64 valence electrons. The molecule has 0 spiro atoms. The average molecular weight is 166 g/mol. The van der Waals surface area contributed by atoms with Gasteiger partial charge in [0.15, 0.2) is 5.78 Å². The summed E-state index contributed by atoms with van der Waals surface area (Å²) in [7, 11) is 0. The molecule has 0 saturated carbocycles. The fraction of sp³-hybridized carbons (Fsp3) is 0.222. The van der Waals surface area contributed by atoms with Crippen molar-refractivity contribution in [1.82, 2.24) is 0 Å². The van der Waals surface area contributed by atoms with E-state index in [1.54, 1.807) is 12.1 Å². The first-order valence-corrected chi connectivity index (χ1v) is 3.58. The van der Waals surface area contributed by atoms with E-state index < -0.39 is 6.10 Å². The van der Waals surface area contributed by atoms with Crippen LogP contribution in [-0.2, 0) is 4.79 Å². The standard InChI is InChI=1S/C9H10O3/c1-6(10)9(12)7-3-2-4-8(11)5-7/h2-5,9,11-12H,1H3. The second-order valence-electron chi connectivity index (χ2n) is 2.61. The molecule has 12 heavy (non-hydrogen) atoms. The van der Waals surface area contributed by atoms with Crippen molar-refractivity contribution in [2.75, 3.05) is 0 Å². The first kappa shape index (κ1) is 8.74. The molecule has 1 rings (SSSR count). The van der Waals surface area contributed by atoms with Crippen LogP contribution >= 0.6 is 0 Å². The third-order valence-electron chi connectivity index (χ3n) is 1.57. The molecule has 0 aliphatic heterocycles. The van der Waals surface area contributed by atoms with Crippen LogP contribution in [0, 0.1) is 0 Å². The topological polar surface area (TPSA) is 57.5 Å². The normalized spacial score (nSPS) is 12.5. The van der Waals surface area contributed by atoms with Gasteiger partial charge < -0.3 is 10.2 Å². The Balaban J connectivity index is 2.95. The molecule has 0 aliphatic rings. The van der Waals surface area contributed by atoms with Crippen LogP contribution in [0.25, 0.3) is 0 Å². The highest BCUT2D eigenvalue weighted by molar-refractivity contribution is 5.81. The van der Waals surface area contributed by atoms with Crippen LogP contribution in [0.4, 0.5) is 0 Å². The molecule has 0 aliphatic carbocycles. The number of carbonyl (C=O) groups is 1. The Labute approximate surface area is 70.3 Å². The Morgan fingerprint density at radius 1 is 1.50 bits per heavy atom. The molecule has 2 N–H and O–H groups in total. The SMILES string of the molecule is CC(=O)C(O)c1cccc(O)c1. The molecule has 0 fully saturated rings. The first-order valence-electron chi connectivity index (χ1n) is 3.58. The molecule has 3 nitrogen and oxygen atoms in total. The zero-order chi connectivity index (χ0) is 9.14. The van der Waals surface area contributed by atoms with Gasteiger partial charge >= 0.3 is 0 Å². The summed E-state index contributed by atoms with van der Waals surface area (Å²) in [5.74, 6) is -0.284. The second-order valence-corrected chi connectivity index (χ2v) is 2.61. The lowest BCUT2D eigenvalue weighted by Gasteiger charge is -2.06. The number of phenols is 1. The molecule has 0 heterocycles. The quantitative estimate of drug-likeness (QED) is 0.689. The van der Waals surface area contributed by atoms with Crippen LogP contribution in [0.1, 0.15) is 18.6 Å². The maximum atomic E-state index is 10.7. The van der Waals surface area contributed by atoms with E-state index in [2.05, 4.69) is 0 Å². The van der Waals surface area contributed by atoms with Crippen molar-refractivity contribution in [3.63, 3.8) is 0 Å². The highest BCUT2D eigenvalue weighted by atomic mass is 16.3. The van der Waals surface area contributed by atoms with Crippen molar-refractivity contribution in [3.05, 3.63) is 29.8 Å². The number of rotatable bonds is 2. The van der Waals surface area contributed by atoms with Gasteiger partial charge in [0.2, 0.25) is 0 Å². The minimum absolute atomic E-state index is 0.0489. The van der Waals surface area contributed by atoms with Crippen LogP contribution in [0.5, 0.6) is 5.75 Å². The smallest absolute Gasteiger partial charge is 0.162 e. The molecular weight excluding hydrogens is 156 g/mol. The van der Waals surface area contributed by atoms with Crippen LogP contribution < -0.4 is 0 Å². The molecule has 0 aromatic heterocycles. The number of Topliss-reactive ketones (excluding diaryl/α,β-unsaturated/α-hetero) is 1. The highest BCUT2D eigenvalue weighted by Crippen LogP contribution is 2.18. The summed E-state index contributed by atoms with van der Waals surface area (Å²) in [5.41, 5.74) is 0.419.